The molecule has 3 rings (SSSR count). The Balaban J connectivity index is 2.28. The van der Waals surface area contributed by atoms with Gasteiger partial charge in [-0.05, 0) is 65.4 Å². The lowest BCUT2D eigenvalue weighted by Crippen LogP contribution is -2.32. The molecular weight excluding hydrogens is 328 g/mol. The third kappa shape index (κ3) is 3.90. The predicted octanol–water partition coefficient (Wildman–Crippen LogP) is 5.84. The van der Waals surface area contributed by atoms with E-state index < -0.39 is 0 Å². The van der Waals surface area contributed by atoms with Gasteiger partial charge in [0.2, 0.25) is 0 Å². The summed E-state index contributed by atoms with van der Waals surface area (Å²) in [5, 5.41) is 1.21. The molecule has 3 aromatic rings. The Kier molecular flexibility index (Phi) is 5.12. The van der Waals surface area contributed by atoms with E-state index in [2.05, 4.69) is 96.6 Å². The van der Waals surface area contributed by atoms with Crippen molar-refractivity contribution in [2.75, 3.05) is 0 Å². The molecule has 0 aliphatic heterocycles. The number of hydrogen-bond acceptors (Lipinski definition) is 1. The van der Waals surface area contributed by atoms with Gasteiger partial charge in [0.05, 0.1) is 18.0 Å². The Bertz CT molecular complexity index is 991. The highest BCUT2D eigenvalue weighted by Gasteiger charge is 2.23. The number of fused-ring (bicyclic) bond motifs is 1. The van der Waals surface area contributed by atoms with Crippen molar-refractivity contribution < 1.29 is 4.57 Å². The highest BCUT2D eigenvalue weighted by molar-refractivity contribution is 5.82. The predicted molar refractivity (Wildman–Crippen MR) is 115 cm³/mol. The normalized spacial score (nSPS) is 12.2. The van der Waals surface area contributed by atoms with Gasteiger partial charge in [-0.1, -0.05) is 52.8 Å². The van der Waals surface area contributed by atoms with Crippen LogP contribution in [0.2, 0.25) is 0 Å². The minimum Gasteiger partial charge on any atom is -0.232 e. The Morgan fingerprint density at radius 1 is 1.07 bits per heavy atom. The molecule has 0 bridgehead atoms. The number of aromatic nitrogens is 2. The summed E-state index contributed by atoms with van der Waals surface area (Å²) in [7, 11) is 2.11. The van der Waals surface area contributed by atoms with Crippen LogP contribution in [0.25, 0.3) is 22.3 Å². The van der Waals surface area contributed by atoms with Crippen LogP contribution in [0.4, 0.5) is 0 Å². The van der Waals surface area contributed by atoms with E-state index in [0.717, 1.165) is 17.8 Å². The molecular formula is C25H33N2+. The molecule has 0 spiro atoms. The third-order valence-electron chi connectivity index (χ3n) is 5.44. The molecule has 27 heavy (non-hydrogen) atoms. The molecule has 0 radical (unpaired) electrons. The second kappa shape index (κ2) is 7.07. The van der Waals surface area contributed by atoms with Crippen molar-refractivity contribution >= 4 is 10.9 Å². The van der Waals surface area contributed by atoms with Crippen LogP contribution in [-0.4, -0.2) is 4.98 Å². The van der Waals surface area contributed by atoms with Crippen LogP contribution in [0.3, 0.4) is 0 Å². The maximum atomic E-state index is 5.19. The van der Waals surface area contributed by atoms with Crippen LogP contribution in [0.5, 0.6) is 0 Å². The number of nitrogens with zero attached hydrogens (tertiary/aromatic N) is 2. The van der Waals surface area contributed by atoms with E-state index in [1.54, 1.807) is 0 Å². The number of rotatable bonds is 3. The van der Waals surface area contributed by atoms with Crippen LogP contribution in [0.15, 0.2) is 36.5 Å². The summed E-state index contributed by atoms with van der Waals surface area (Å²) in [5.41, 5.74) is 7.83. The van der Waals surface area contributed by atoms with Gasteiger partial charge >= 0.3 is 5.82 Å². The fourth-order valence-corrected chi connectivity index (χ4v) is 3.69. The zero-order valence-electron chi connectivity index (χ0n) is 18.1. The van der Waals surface area contributed by atoms with Gasteiger partial charge in [0.15, 0.2) is 5.52 Å². The number of hydrogen-bond donors (Lipinski definition) is 0. The van der Waals surface area contributed by atoms with Crippen LogP contribution in [0, 0.1) is 19.8 Å². The van der Waals surface area contributed by atoms with E-state index >= 15 is 0 Å². The first kappa shape index (κ1) is 19.5. The average molecular weight is 362 g/mol. The van der Waals surface area contributed by atoms with E-state index in [4.69, 9.17) is 4.98 Å². The van der Waals surface area contributed by atoms with Crippen molar-refractivity contribution in [2.45, 2.75) is 60.3 Å². The lowest BCUT2D eigenvalue weighted by atomic mass is 9.83. The molecule has 1 aromatic heterocycles. The second-order valence-corrected chi connectivity index (χ2v) is 9.34. The summed E-state index contributed by atoms with van der Waals surface area (Å²) in [6.07, 6.45) is 3.28. The molecule has 0 atom stereocenters. The van der Waals surface area contributed by atoms with Gasteiger partial charge in [0.25, 0.3) is 0 Å². The molecule has 0 aliphatic rings. The van der Waals surface area contributed by atoms with Gasteiger partial charge in [-0.3, -0.25) is 0 Å². The third-order valence-corrected chi connectivity index (χ3v) is 5.44. The van der Waals surface area contributed by atoms with E-state index in [1.807, 2.05) is 0 Å². The fourth-order valence-electron chi connectivity index (χ4n) is 3.69. The minimum absolute atomic E-state index is 0.117. The number of aryl methyl sites for hydroxylation is 2. The van der Waals surface area contributed by atoms with Crippen molar-refractivity contribution in [3.05, 3.63) is 58.8 Å². The number of para-hydroxylation sites is 1. The van der Waals surface area contributed by atoms with Crippen LogP contribution < -0.4 is 4.57 Å². The van der Waals surface area contributed by atoms with Gasteiger partial charge in [-0.2, -0.15) is 0 Å². The van der Waals surface area contributed by atoms with Crippen molar-refractivity contribution in [1.82, 2.24) is 4.98 Å². The molecule has 2 nitrogen and oxygen atoms in total. The number of benzene rings is 2. The summed E-state index contributed by atoms with van der Waals surface area (Å²) in [4.78, 5) is 5.19. The largest absolute Gasteiger partial charge is 0.331 e. The highest BCUT2D eigenvalue weighted by Crippen LogP contribution is 2.31. The molecule has 2 heteroatoms. The Hall–Kier alpha value is -2.22. The molecule has 2 aromatic carbocycles. The molecule has 0 aliphatic carbocycles. The molecule has 0 N–H and O–H groups in total. The maximum Gasteiger partial charge on any atom is 0.331 e. The van der Waals surface area contributed by atoms with E-state index in [0.29, 0.717) is 5.92 Å². The van der Waals surface area contributed by atoms with E-state index in [-0.39, 0.29) is 5.41 Å². The molecule has 1 heterocycles. The smallest absolute Gasteiger partial charge is 0.232 e. The zero-order chi connectivity index (χ0) is 19.9. The Morgan fingerprint density at radius 2 is 1.78 bits per heavy atom. The van der Waals surface area contributed by atoms with Crippen molar-refractivity contribution in [3.63, 3.8) is 0 Å². The van der Waals surface area contributed by atoms with Crippen molar-refractivity contribution in [2.24, 2.45) is 13.0 Å². The van der Waals surface area contributed by atoms with E-state index in [9.17, 15) is 0 Å². The maximum absolute atomic E-state index is 5.19. The first-order chi connectivity index (χ1) is 12.6. The minimum atomic E-state index is 0.117. The monoisotopic (exact) mass is 361 g/mol. The molecule has 142 valence electrons. The lowest BCUT2D eigenvalue weighted by Gasteiger charge is -2.21. The summed E-state index contributed by atoms with van der Waals surface area (Å²) >= 11 is 0. The lowest BCUT2D eigenvalue weighted by molar-refractivity contribution is -0.661. The van der Waals surface area contributed by atoms with Gasteiger partial charge in [0.1, 0.15) is 6.20 Å². The summed E-state index contributed by atoms with van der Waals surface area (Å²) in [6.45, 7) is 15.8. The first-order valence-corrected chi connectivity index (χ1v) is 9.98. The van der Waals surface area contributed by atoms with Gasteiger partial charge in [-0.25, -0.2) is 4.57 Å². The van der Waals surface area contributed by atoms with E-state index in [1.165, 1.54) is 33.2 Å². The van der Waals surface area contributed by atoms with Crippen molar-refractivity contribution in [1.29, 1.82) is 0 Å². The van der Waals surface area contributed by atoms with Gasteiger partial charge in [-0.15, -0.1) is 0 Å². The first-order valence-electron chi connectivity index (χ1n) is 9.98. The van der Waals surface area contributed by atoms with Gasteiger partial charge < -0.3 is 0 Å². The standard InChI is InChI=1S/C25H33N2/c1-16(2)12-19-10-9-11-20-15-27(8)24(26-23(19)20)22-14-21(25(5,6)7)13-17(3)18(22)4/h9-11,13-16H,12H2,1-8H3/q+1. The molecule has 0 fully saturated rings. The fraction of sp³-hybridized carbons (Fsp3) is 0.440. The van der Waals surface area contributed by atoms with Crippen LogP contribution in [-0.2, 0) is 18.9 Å². The Labute approximate surface area is 164 Å². The highest BCUT2D eigenvalue weighted by atomic mass is 15.0. The quantitative estimate of drug-likeness (QED) is 0.536. The molecule has 0 saturated carbocycles. The topological polar surface area (TPSA) is 16.8 Å². The van der Waals surface area contributed by atoms with Crippen LogP contribution >= 0.6 is 0 Å². The zero-order valence-corrected chi connectivity index (χ0v) is 18.1. The van der Waals surface area contributed by atoms with Gasteiger partial charge in [0, 0.05) is 5.56 Å². The van der Waals surface area contributed by atoms with Crippen molar-refractivity contribution in [3.8, 4) is 11.4 Å². The molecule has 0 saturated heterocycles. The molecule has 0 unspecified atom stereocenters. The summed E-state index contributed by atoms with van der Waals surface area (Å²) in [5.74, 6) is 1.66. The molecule has 0 amide bonds. The second-order valence-electron chi connectivity index (χ2n) is 9.34. The van der Waals surface area contributed by atoms with Crippen LogP contribution in [0.1, 0.15) is 56.9 Å². The summed E-state index contributed by atoms with van der Waals surface area (Å²) < 4.78 is 2.18. The average Bonchev–Trinajstić information content (AvgIpc) is 2.55. The summed E-state index contributed by atoms with van der Waals surface area (Å²) in [6, 6.07) is 11.2. The SMILES string of the molecule is Cc1cc(C(C)(C)C)cc(-c2nc3c(CC(C)C)cccc3c[n+]2C)c1C. The Morgan fingerprint density at radius 3 is 2.41 bits per heavy atom.